The molecule has 4 aromatic rings. The third-order valence-electron chi connectivity index (χ3n) is 4.08. The lowest BCUT2D eigenvalue weighted by atomic mass is 10.1. The minimum atomic E-state index is -0.418. The van der Waals surface area contributed by atoms with Gasteiger partial charge in [0.1, 0.15) is 5.71 Å². The van der Waals surface area contributed by atoms with E-state index in [9.17, 15) is 10.1 Å². The van der Waals surface area contributed by atoms with Crippen molar-refractivity contribution >= 4 is 27.9 Å². The summed E-state index contributed by atoms with van der Waals surface area (Å²) in [7, 11) is 0. The van der Waals surface area contributed by atoms with Crippen LogP contribution in [0.4, 0.5) is 10.8 Å². The second kappa shape index (κ2) is 8.41. The van der Waals surface area contributed by atoms with E-state index in [1.54, 1.807) is 18.3 Å². The normalized spacial score (nSPS) is 11.2. The van der Waals surface area contributed by atoms with Gasteiger partial charge in [-0.3, -0.25) is 20.5 Å². The van der Waals surface area contributed by atoms with E-state index in [4.69, 9.17) is 0 Å². The first-order valence-corrected chi connectivity index (χ1v) is 9.59. The van der Waals surface area contributed by atoms with E-state index in [1.807, 2.05) is 53.9 Å². The number of anilines is 1. The first-order valence-electron chi connectivity index (χ1n) is 8.71. The standard InChI is InChI=1S/C21H15N5O2S/c27-26(28)17-10-6-9-16(13-17)19-14-29-21(23-19)25-24-20(15-7-2-1-3-8-15)18-11-4-5-12-22-18/h1-14H,(H,23,25). The zero-order chi connectivity index (χ0) is 20.1. The van der Waals surface area contributed by atoms with Crippen molar-refractivity contribution in [2.24, 2.45) is 5.10 Å². The van der Waals surface area contributed by atoms with E-state index >= 15 is 0 Å². The molecule has 0 radical (unpaired) electrons. The highest BCUT2D eigenvalue weighted by Gasteiger charge is 2.11. The van der Waals surface area contributed by atoms with Crippen molar-refractivity contribution in [2.75, 3.05) is 5.43 Å². The second-order valence-corrected chi connectivity index (χ2v) is 6.86. The minimum Gasteiger partial charge on any atom is -0.258 e. The number of nitrogens with one attached hydrogen (secondary N) is 1. The number of hydrogen-bond donors (Lipinski definition) is 1. The highest BCUT2D eigenvalue weighted by atomic mass is 32.1. The van der Waals surface area contributed by atoms with Gasteiger partial charge >= 0.3 is 0 Å². The number of non-ortho nitro benzene ring substituents is 1. The fraction of sp³-hybridized carbons (Fsp3) is 0. The average molecular weight is 401 g/mol. The maximum Gasteiger partial charge on any atom is 0.270 e. The maximum atomic E-state index is 11.0. The summed E-state index contributed by atoms with van der Waals surface area (Å²) in [6.45, 7) is 0. The summed E-state index contributed by atoms with van der Waals surface area (Å²) >= 11 is 1.37. The molecule has 0 fully saturated rings. The van der Waals surface area contributed by atoms with Crippen LogP contribution in [-0.4, -0.2) is 20.6 Å². The number of hydrogen-bond acceptors (Lipinski definition) is 7. The summed E-state index contributed by atoms with van der Waals surface area (Å²) in [4.78, 5) is 19.5. The number of aromatic nitrogens is 2. The molecule has 142 valence electrons. The van der Waals surface area contributed by atoms with Crippen LogP contribution in [0.3, 0.4) is 0 Å². The summed E-state index contributed by atoms with van der Waals surface area (Å²) in [6.07, 6.45) is 1.72. The molecule has 1 N–H and O–H groups in total. The molecule has 0 saturated heterocycles. The Morgan fingerprint density at radius 3 is 2.62 bits per heavy atom. The SMILES string of the molecule is O=[N+]([O-])c1cccc(-c2csc(NN=C(c3ccccc3)c3ccccn3)n2)c1. The number of nitro benzene ring substituents is 1. The van der Waals surface area contributed by atoms with Crippen LogP contribution in [0.1, 0.15) is 11.3 Å². The summed E-state index contributed by atoms with van der Waals surface area (Å²) in [5.41, 5.74) is 6.71. The number of nitrogens with zero attached hydrogens (tertiary/aromatic N) is 4. The molecule has 0 unspecified atom stereocenters. The summed E-state index contributed by atoms with van der Waals surface area (Å²) in [5.74, 6) is 0. The molecule has 0 aliphatic carbocycles. The first kappa shape index (κ1) is 18.5. The van der Waals surface area contributed by atoms with Crippen LogP contribution in [0.15, 0.2) is 89.5 Å². The van der Waals surface area contributed by atoms with Crippen molar-refractivity contribution < 1.29 is 4.92 Å². The van der Waals surface area contributed by atoms with Crippen LogP contribution < -0.4 is 5.43 Å². The summed E-state index contributed by atoms with van der Waals surface area (Å²) < 4.78 is 0. The lowest BCUT2D eigenvalue weighted by molar-refractivity contribution is -0.384. The largest absolute Gasteiger partial charge is 0.270 e. The average Bonchev–Trinajstić information content (AvgIpc) is 3.25. The van der Waals surface area contributed by atoms with Gasteiger partial charge in [-0.25, -0.2) is 4.98 Å². The number of rotatable bonds is 6. The smallest absolute Gasteiger partial charge is 0.258 e. The van der Waals surface area contributed by atoms with Gasteiger partial charge in [-0.1, -0.05) is 48.5 Å². The summed E-state index contributed by atoms with van der Waals surface area (Å²) in [5, 5.41) is 17.9. The zero-order valence-electron chi connectivity index (χ0n) is 15.1. The molecule has 4 rings (SSSR count). The fourth-order valence-corrected chi connectivity index (χ4v) is 3.37. The Morgan fingerprint density at radius 1 is 1.03 bits per heavy atom. The number of benzene rings is 2. The van der Waals surface area contributed by atoms with E-state index < -0.39 is 4.92 Å². The number of thiazole rings is 1. The molecule has 2 aromatic carbocycles. The Balaban J connectivity index is 1.62. The van der Waals surface area contributed by atoms with Gasteiger partial charge < -0.3 is 0 Å². The predicted octanol–water partition coefficient (Wildman–Crippen LogP) is 4.98. The summed E-state index contributed by atoms with van der Waals surface area (Å²) in [6, 6.07) is 21.8. The minimum absolute atomic E-state index is 0.0320. The van der Waals surface area contributed by atoms with Crippen LogP contribution in [0.5, 0.6) is 0 Å². The highest BCUT2D eigenvalue weighted by Crippen LogP contribution is 2.27. The van der Waals surface area contributed by atoms with Crippen molar-refractivity contribution in [1.82, 2.24) is 9.97 Å². The van der Waals surface area contributed by atoms with E-state index in [-0.39, 0.29) is 5.69 Å². The third-order valence-corrected chi connectivity index (χ3v) is 4.82. The monoisotopic (exact) mass is 401 g/mol. The molecule has 29 heavy (non-hydrogen) atoms. The van der Waals surface area contributed by atoms with Crippen molar-refractivity contribution in [3.63, 3.8) is 0 Å². The van der Waals surface area contributed by atoms with E-state index in [0.717, 1.165) is 11.3 Å². The molecule has 2 heterocycles. The van der Waals surface area contributed by atoms with Gasteiger partial charge in [-0.05, 0) is 12.1 Å². The molecule has 8 heteroatoms. The van der Waals surface area contributed by atoms with Gasteiger partial charge in [0.25, 0.3) is 5.69 Å². The van der Waals surface area contributed by atoms with Crippen molar-refractivity contribution in [3.8, 4) is 11.3 Å². The quantitative estimate of drug-likeness (QED) is 0.279. The number of nitro groups is 1. The number of hydrazone groups is 1. The Kier molecular flexibility index (Phi) is 5.35. The van der Waals surface area contributed by atoms with Crippen LogP contribution in [0, 0.1) is 10.1 Å². The van der Waals surface area contributed by atoms with E-state index in [0.29, 0.717) is 22.1 Å². The molecule has 7 nitrogen and oxygen atoms in total. The van der Waals surface area contributed by atoms with Gasteiger partial charge in [0.15, 0.2) is 0 Å². The second-order valence-electron chi connectivity index (χ2n) is 6.00. The van der Waals surface area contributed by atoms with E-state index in [2.05, 4.69) is 20.5 Å². The van der Waals surface area contributed by atoms with Crippen molar-refractivity contribution in [1.29, 1.82) is 0 Å². The van der Waals surface area contributed by atoms with Crippen LogP contribution in [0.2, 0.25) is 0 Å². The molecule has 0 amide bonds. The predicted molar refractivity (Wildman–Crippen MR) is 114 cm³/mol. The lowest BCUT2D eigenvalue weighted by Crippen LogP contribution is -2.08. The zero-order valence-corrected chi connectivity index (χ0v) is 15.9. The lowest BCUT2D eigenvalue weighted by Gasteiger charge is -2.06. The van der Waals surface area contributed by atoms with Crippen LogP contribution in [-0.2, 0) is 0 Å². The third kappa shape index (κ3) is 4.33. The Bertz CT molecular complexity index is 1120. The molecular weight excluding hydrogens is 386 g/mol. The molecule has 0 bridgehead atoms. The molecular formula is C21H15N5O2S. The first-order chi connectivity index (χ1) is 14.2. The maximum absolute atomic E-state index is 11.0. The van der Waals surface area contributed by atoms with Crippen LogP contribution >= 0.6 is 11.3 Å². The van der Waals surface area contributed by atoms with E-state index in [1.165, 1.54) is 23.5 Å². The number of pyridine rings is 1. The molecule has 0 aliphatic rings. The van der Waals surface area contributed by atoms with Gasteiger partial charge in [0, 0.05) is 34.8 Å². The highest BCUT2D eigenvalue weighted by molar-refractivity contribution is 7.14. The molecule has 0 aliphatic heterocycles. The molecule has 0 atom stereocenters. The van der Waals surface area contributed by atoms with Gasteiger partial charge in [0.2, 0.25) is 5.13 Å². The van der Waals surface area contributed by atoms with Crippen LogP contribution in [0.25, 0.3) is 11.3 Å². The topological polar surface area (TPSA) is 93.3 Å². The van der Waals surface area contributed by atoms with Gasteiger partial charge in [0.05, 0.1) is 16.3 Å². The van der Waals surface area contributed by atoms with Gasteiger partial charge in [-0.15, -0.1) is 11.3 Å². The Labute approximate surface area is 170 Å². The molecule has 2 aromatic heterocycles. The fourth-order valence-electron chi connectivity index (χ4n) is 2.71. The molecule has 0 spiro atoms. The molecule has 0 saturated carbocycles. The Hall–Kier alpha value is -3.91. The van der Waals surface area contributed by atoms with Crippen molar-refractivity contribution in [3.05, 3.63) is 106 Å². The van der Waals surface area contributed by atoms with Crippen molar-refractivity contribution in [2.45, 2.75) is 0 Å². The van der Waals surface area contributed by atoms with Gasteiger partial charge in [-0.2, -0.15) is 5.10 Å². The Morgan fingerprint density at radius 2 is 1.86 bits per heavy atom.